The molecule has 1 N–H and O–H groups in total. The Bertz CT molecular complexity index is 819. The Balaban J connectivity index is 1.67. The van der Waals surface area contributed by atoms with Gasteiger partial charge in [0.05, 0.1) is 17.2 Å². The topological polar surface area (TPSA) is 75.5 Å². The van der Waals surface area contributed by atoms with E-state index in [1.54, 1.807) is 6.07 Å². The fourth-order valence-electron chi connectivity index (χ4n) is 3.38. The molecule has 1 aliphatic rings. The summed E-state index contributed by atoms with van der Waals surface area (Å²) in [7, 11) is 1.94. The molecule has 0 aliphatic heterocycles. The molecule has 6 heteroatoms. The van der Waals surface area contributed by atoms with E-state index in [0.717, 1.165) is 18.4 Å². The molecule has 0 radical (unpaired) electrons. The molecule has 1 atom stereocenters. The Labute approximate surface area is 146 Å². The number of non-ortho nitro benzene ring substituents is 1. The number of amides is 1. The third-order valence-electron chi connectivity index (χ3n) is 4.73. The summed E-state index contributed by atoms with van der Waals surface area (Å²) in [4.78, 5) is 24.9. The van der Waals surface area contributed by atoms with Crippen molar-refractivity contribution in [2.24, 2.45) is 0 Å². The average molecular weight is 339 g/mol. The molecule has 0 saturated heterocycles. The fourth-order valence-corrected chi connectivity index (χ4v) is 3.38. The first-order valence-corrected chi connectivity index (χ1v) is 8.28. The van der Waals surface area contributed by atoms with E-state index in [-0.39, 0.29) is 24.2 Å². The number of benzene rings is 2. The van der Waals surface area contributed by atoms with Crippen molar-refractivity contribution in [3.05, 3.63) is 69.3 Å². The van der Waals surface area contributed by atoms with Gasteiger partial charge in [-0.3, -0.25) is 19.8 Å². The van der Waals surface area contributed by atoms with E-state index in [1.807, 2.05) is 31.0 Å². The van der Waals surface area contributed by atoms with Gasteiger partial charge in [0.15, 0.2) is 0 Å². The summed E-state index contributed by atoms with van der Waals surface area (Å²) in [5, 5.41) is 13.7. The van der Waals surface area contributed by atoms with Gasteiger partial charge in [0.2, 0.25) is 5.91 Å². The Kier molecular flexibility index (Phi) is 4.81. The van der Waals surface area contributed by atoms with Crippen molar-refractivity contribution in [3.8, 4) is 0 Å². The number of nitro groups is 1. The number of nitro benzene ring substituents is 1. The van der Waals surface area contributed by atoms with Crippen LogP contribution in [0.3, 0.4) is 0 Å². The number of nitrogens with one attached hydrogen (secondary N) is 1. The molecule has 2 aromatic rings. The van der Waals surface area contributed by atoms with Gasteiger partial charge < -0.3 is 5.32 Å². The Hall–Kier alpha value is -2.73. The van der Waals surface area contributed by atoms with E-state index in [1.165, 1.54) is 23.3 Å². The molecule has 0 unspecified atom stereocenters. The number of fused-ring (bicyclic) bond motifs is 1. The van der Waals surface area contributed by atoms with Gasteiger partial charge in [-0.2, -0.15) is 0 Å². The van der Waals surface area contributed by atoms with Gasteiger partial charge in [-0.1, -0.05) is 30.3 Å². The molecule has 0 aromatic heterocycles. The van der Waals surface area contributed by atoms with Crippen LogP contribution >= 0.6 is 0 Å². The number of anilines is 1. The standard InChI is InChI=1S/C19H21N3O3/c1-13-7-9-15(22(24)25)11-17(13)20-19(23)12-21(2)18-10-8-14-5-3-4-6-16(14)18/h3-7,9,11,18H,8,10,12H2,1-2H3,(H,20,23)/t18-/m1/s1. The summed E-state index contributed by atoms with van der Waals surface area (Å²) in [5.41, 5.74) is 3.88. The maximum Gasteiger partial charge on any atom is 0.271 e. The van der Waals surface area contributed by atoms with Crippen LogP contribution in [0.15, 0.2) is 42.5 Å². The van der Waals surface area contributed by atoms with Gasteiger partial charge in [-0.05, 0) is 43.5 Å². The van der Waals surface area contributed by atoms with Crippen molar-refractivity contribution in [3.63, 3.8) is 0 Å². The highest BCUT2D eigenvalue weighted by molar-refractivity contribution is 5.93. The highest BCUT2D eigenvalue weighted by Gasteiger charge is 2.26. The molecular formula is C19H21N3O3. The number of hydrogen-bond donors (Lipinski definition) is 1. The van der Waals surface area contributed by atoms with E-state index in [2.05, 4.69) is 17.4 Å². The van der Waals surface area contributed by atoms with Crippen LogP contribution in [0.1, 0.15) is 29.2 Å². The van der Waals surface area contributed by atoms with Crippen LogP contribution < -0.4 is 5.32 Å². The minimum Gasteiger partial charge on any atom is -0.324 e. The molecule has 3 rings (SSSR count). The van der Waals surface area contributed by atoms with Crippen LogP contribution in [0.5, 0.6) is 0 Å². The van der Waals surface area contributed by atoms with E-state index in [9.17, 15) is 14.9 Å². The van der Waals surface area contributed by atoms with Crippen molar-refractivity contribution >= 4 is 17.3 Å². The summed E-state index contributed by atoms with van der Waals surface area (Å²) >= 11 is 0. The lowest BCUT2D eigenvalue weighted by Gasteiger charge is -2.24. The monoisotopic (exact) mass is 339 g/mol. The average Bonchev–Trinajstić information content (AvgIpc) is 3.00. The predicted octanol–water partition coefficient (Wildman–Crippen LogP) is 3.46. The predicted molar refractivity (Wildman–Crippen MR) is 96.6 cm³/mol. The van der Waals surface area contributed by atoms with E-state index >= 15 is 0 Å². The van der Waals surface area contributed by atoms with E-state index in [0.29, 0.717) is 5.69 Å². The zero-order valence-electron chi connectivity index (χ0n) is 14.4. The molecule has 6 nitrogen and oxygen atoms in total. The number of carbonyl (C=O) groups is 1. The third-order valence-corrected chi connectivity index (χ3v) is 4.73. The van der Waals surface area contributed by atoms with Crippen molar-refractivity contribution in [1.82, 2.24) is 4.90 Å². The number of hydrogen-bond acceptors (Lipinski definition) is 4. The number of aryl methyl sites for hydroxylation is 2. The van der Waals surface area contributed by atoms with Gasteiger partial charge in [0.25, 0.3) is 5.69 Å². The van der Waals surface area contributed by atoms with Gasteiger partial charge in [-0.25, -0.2) is 0 Å². The van der Waals surface area contributed by atoms with Crippen molar-refractivity contribution in [2.75, 3.05) is 18.9 Å². The highest BCUT2D eigenvalue weighted by Crippen LogP contribution is 2.34. The third kappa shape index (κ3) is 3.69. The number of carbonyl (C=O) groups excluding carboxylic acids is 1. The molecule has 130 valence electrons. The lowest BCUT2D eigenvalue weighted by atomic mass is 10.1. The van der Waals surface area contributed by atoms with E-state index in [4.69, 9.17) is 0 Å². The maximum absolute atomic E-state index is 12.4. The first-order chi connectivity index (χ1) is 12.0. The second kappa shape index (κ2) is 7.03. The van der Waals surface area contributed by atoms with Gasteiger partial charge in [-0.15, -0.1) is 0 Å². The fraction of sp³-hybridized carbons (Fsp3) is 0.316. The molecular weight excluding hydrogens is 318 g/mol. The van der Waals surface area contributed by atoms with Crippen LogP contribution in [-0.2, 0) is 11.2 Å². The summed E-state index contributed by atoms with van der Waals surface area (Å²) in [5.74, 6) is -0.171. The molecule has 25 heavy (non-hydrogen) atoms. The molecule has 1 amide bonds. The largest absolute Gasteiger partial charge is 0.324 e. The SMILES string of the molecule is Cc1ccc([N+](=O)[O-])cc1NC(=O)CN(C)[C@@H]1CCc2ccccc21. The van der Waals surface area contributed by atoms with Gasteiger partial charge >= 0.3 is 0 Å². The quantitative estimate of drug-likeness (QED) is 0.668. The molecule has 0 saturated carbocycles. The molecule has 1 aliphatic carbocycles. The summed E-state index contributed by atoms with van der Waals surface area (Å²) < 4.78 is 0. The minimum absolute atomic E-state index is 0.0287. The Morgan fingerprint density at radius 2 is 2.08 bits per heavy atom. The second-order valence-corrected chi connectivity index (χ2v) is 6.47. The van der Waals surface area contributed by atoms with Gasteiger partial charge in [0, 0.05) is 18.2 Å². The van der Waals surface area contributed by atoms with E-state index < -0.39 is 4.92 Å². The van der Waals surface area contributed by atoms with Crippen LogP contribution in [-0.4, -0.2) is 29.3 Å². The number of likely N-dealkylation sites (N-methyl/N-ethyl adjacent to an activating group) is 1. The van der Waals surface area contributed by atoms with Crippen LogP contribution in [0, 0.1) is 17.0 Å². The lowest BCUT2D eigenvalue weighted by Crippen LogP contribution is -2.32. The van der Waals surface area contributed by atoms with Crippen LogP contribution in [0.2, 0.25) is 0 Å². The second-order valence-electron chi connectivity index (χ2n) is 6.47. The van der Waals surface area contributed by atoms with Crippen LogP contribution in [0.4, 0.5) is 11.4 Å². The van der Waals surface area contributed by atoms with Crippen LogP contribution in [0.25, 0.3) is 0 Å². The highest BCUT2D eigenvalue weighted by atomic mass is 16.6. The Morgan fingerprint density at radius 3 is 2.84 bits per heavy atom. The molecule has 0 fully saturated rings. The zero-order valence-corrected chi connectivity index (χ0v) is 14.4. The maximum atomic E-state index is 12.4. The lowest BCUT2D eigenvalue weighted by molar-refractivity contribution is -0.384. The van der Waals surface area contributed by atoms with Crippen molar-refractivity contribution < 1.29 is 9.72 Å². The smallest absolute Gasteiger partial charge is 0.271 e. The summed E-state index contributed by atoms with van der Waals surface area (Å²) in [6, 6.07) is 13.0. The number of nitrogens with zero attached hydrogens (tertiary/aromatic N) is 2. The normalized spacial score (nSPS) is 15.9. The molecule has 0 bridgehead atoms. The summed E-state index contributed by atoms with van der Waals surface area (Å²) in [6.45, 7) is 2.05. The van der Waals surface area contributed by atoms with Crippen molar-refractivity contribution in [2.45, 2.75) is 25.8 Å². The zero-order chi connectivity index (χ0) is 18.0. The molecule has 0 heterocycles. The van der Waals surface area contributed by atoms with Crippen molar-refractivity contribution in [1.29, 1.82) is 0 Å². The molecule has 2 aromatic carbocycles. The first-order valence-electron chi connectivity index (χ1n) is 8.28. The first kappa shape index (κ1) is 17.1. The summed E-state index contributed by atoms with van der Waals surface area (Å²) in [6.07, 6.45) is 2.02. The Morgan fingerprint density at radius 1 is 1.32 bits per heavy atom. The minimum atomic E-state index is -0.462. The molecule has 0 spiro atoms. The number of rotatable bonds is 5. The van der Waals surface area contributed by atoms with Gasteiger partial charge in [0.1, 0.15) is 0 Å².